The summed E-state index contributed by atoms with van der Waals surface area (Å²) < 4.78 is 0. The first-order valence-corrected chi connectivity index (χ1v) is 7.51. The summed E-state index contributed by atoms with van der Waals surface area (Å²) in [6.45, 7) is 5.97. The van der Waals surface area contributed by atoms with Crippen molar-refractivity contribution in [1.82, 2.24) is 4.98 Å². The van der Waals surface area contributed by atoms with Gasteiger partial charge in [0, 0.05) is 24.0 Å². The average Bonchev–Trinajstić information content (AvgIpc) is 2.73. The first kappa shape index (κ1) is 12.8. The lowest BCUT2D eigenvalue weighted by atomic mass is 9.94. The normalized spacial score (nSPS) is 17.4. The number of aryl methyl sites for hydroxylation is 1. The van der Waals surface area contributed by atoms with Crippen LogP contribution in [0.4, 0.5) is 5.13 Å². The second-order valence-electron chi connectivity index (χ2n) is 4.79. The zero-order valence-corrected chi connectivity index (χ0v) is 11.7. The summed E-state index contributed by atoms with van der Waals surface area (Å²) in [6.07, 6.45) is 6.79. The largest absolute Gasteiger partial charge is 0.345 e. The number of rotatable bonds is 4. The summed E-state index contributed by atoms with van der Waals surface area (Å²) >= 11 is 1.78. The van der Waals surface area contributed by atoms with Crippen molar-refractivity contribution in [3.05, 3.63) is 10.6 Å². The minimum Gasteiger partial charge on any atom is -0.345 e. The molecule has 2 rings (SSSR count). The molecule has 1 aliphatic carbocycles. The molecule has 1 aliphatic rings. The third-order valence-electron chi connectivity index (χ3n) is 3.67. The molecule has 17 heavy (non-hydrogen) atoms. The smallest absolute Gasteiger partial charge is 0.186 e. The van der Waals surface area contributed by atoms with Gasteiger partial charge in [-0.3, -0.25) is 0 Å². The summed E-state index contributed by atoms with van der Waals surface area (Å²) in [6, 6.07) is 0.699. The summed E-state index contributed by atoms with van der Waals surface area (Å²) in [5.74, 6) is 0. The first-order chi connectivity index (χ1) is 8.26. The van der Waals surface area contributed by atoms with E-state index in [0.29, 0.717) is 12.6 Å². The van der Waals surface area contributed by atoms with Crippen molar-refractivity contribution in [3.63, 3.8) is 0 Å². The molecule has 3 nitrogen and oxygen atoms in total. The number of nitrogens with zero attached hydrogens (tertiary/aromatic N) is 2. The second kappa shape index (κ2) is 5.83. The molecule has 4 heteroatoms. The standard InChI is InChI=1S/C13H23N3S/c1-3-16(11-7-5-4-6-8-11)13-15-10(2)12(9-14)17-13/h11H,3-9,14H2,1-2H3. The lowest BCUT2D eigenvalue weighted by Gasteiger charge is -2.33. The van der Waals surface area contributed by atoms with E-state index in [1.807, 2.05) is 0 Å². The van der Waals surface area contributed by atoms with Crippen molar-refractivity contribution in [2.24, 2.45) is 5.73 Å². The van der Waals surface area contributed by atoms with Crippen LogP contribution in [0.5, 0.6) is 0 Å². The monoisotopic (exact) mass is 253 g/mol. The number of aromatic nitrogens is 1. The van der Waals surface area contributed by atoms with Gasteiger partial charge < -0.3 is 10.6 Å². The van der Waals surface area contributed by atoms with Gasteiger partial charge >= 0.3 is 0 Å². The fraction of sp³-hybridized carbons (Fsp3) is 0.769. The van der Waals surface area contributed by atoms with Gasteiger partial charge in [0.2, 0.25) is 0 Å². The van der Waals surface area contributed by atoms with E-state index in [4.69, 9.17) is 10.7 Å². The summed E-state index contributed by atoms with van der Waals surface area (Å²) in [5.41, 5.74) is 6.85. The predicted octanol–water partition coefficient (Wildman–Crippen LogP) is 3.07. The van der Waals surface area contributed by atoms with Crippen LogP contribution in [-0.4, -0.2) is 17.6 Å². The Labute approximate surface area is 108 Å². The summed E-state index contributed by atoms with van der Waals surface area (Å²) in [7, 11) is 0. The van der Waals surface area contributed by atoms with Crippen LogP contribution in [0, 0.1) is 6.92 Å². The van der Waals surface area contributed by atoms with Crippen LogP contribution >= 0.6 is 11.3 Å². The molecular weight excluding hydrogens is 230 g/mol. The molecule has 1 fully saturated rings. The van der Waals surface area contributed by atoms with Crippen LogP contribution in [0.15, 0.2) is 0 Å². The van der Waals surface area contributed by atoms with Gasteiger partial charge in [0.05, 0.1) is 5.69 Å². The molecule has 1 aromatic heterocycles. The minimum atomic E-state index is 0.617. The first-order valence-electron chi connectivity index (χ1n) is 6.69. The van der Waals surface area contributed by atoms with Gasteiger partial charge in [-0.2, -0.15) is 0 Å². The predicted molar refractivity (Wildman–Crippen MR) is 74.6 cm³/mol. The van der Waals surface area contributed by atoms with Crippen molar-refractivity contribution >= 4 is 16.5 Å². The Morgan fingerprint density at radius 3 is 2.59 bits per heavy atom. The highest BCUT2D eigenvalue weighted by atomic mass is 32.1. The van der Waals surface area contributed by atoms with E-state index in [-0.39, 0.29) is 0 Å². The number of nitrogens with two attached hydrogens (primary N) is 1. The molecule has 96 valence electrons. The molecule has 0 radical (unpaired) electrons. The highest BCUT2D eigenvalue weighted by Gasteiger charge is 2.22. The lowest BCUT2D eigenvalue weighted by molar-refractivity contribution is 0.418. The van der Waals surface area contributed by atoms with Gasteiger partial charge in [-0.25, -0.2) is 4.98 Å². The van der Waals surface area contributed by atoms with E-state index in [9.17, 15) is 0 Å². The zero-order chi connectivity index (χ0) is 12.3. The molecule has 1 saturated carbocycles. The van der Waals surface area contributed by atoms with Gasteiger partial charge in [0.25, 0.3) is 0 Å². The molecule has 1 aromatic rings. The third-order valence-corrected chi connectivity index (χ3v) is 4.89. The average molecular weight is 253 g/mol. The highest BCUT2D eigenvalue weighted by Crippen LogP contribution is 2.31. The fourth-order valence-corrected chi connectivity index (χ4v) is 3.74. The van der Waals surface area contributed by atoms with Crippen LogP contribution in [-0.2, 0) is 6.54 Å². The summed E-state index contributed by atoms with van der Waals surface area (Å²) in [5, 5.41) is 1.18. The molecule has 0 saturated heterocycles. The van der Waals surface area contributed by atoms with Crippen molar-refractivity contribution in [2.45, 2.75) is 58.5 Å². The van der Waals surface area contributed by atoms with E-state index in [1.54, 1.807) is 11.3 Å². The van der Waals surface area contributed by atoms with Crippen molar-refractivity contribution in [1.29, 1.82) is 0 Å². The van der Waals surface area contributed by atoms with E-state index in [2.05, 4.69) is 18.7 Å². The zero-order valence-electron chi connectivity index (χ0n) is 10.9. The number of hydrogen-bond donors (Lipinski definition) is 1. The number of thiazole rings is 1. The molecule has 0 atom stereocenters. The van der Waals surface area contributed by atoms with Crippen LogP contribution in [0.2, 0.25) is 0 Å². The van der Waals surface area contributed by atoms with Gasteiger partial charge in [-0.15, -0.1) is 11.3 Å². The molecular formula is C13H23N3S. The van der Waals surface area contributed by atoms with Gasteiger partial charge in [0.15, 0.2) is 5.13 Å². The van der Waals surface area contributed by atoms with Crippen LogP contribution in [0.3, 0.4) is 0 Å². The molecule has 1 heterocycles. The topological polar surface area (TPSA) is 42.2 Å². The molecule has 0 aromatic carbocycles. The summed E-state index contributed by atoms with van der Waals surface area (Å²) in [4.78, 5) is 8.41. The van der Waals surface area contributed by atoms with E-state index in [1.165, 1.54) is 42.1 Å². The van der Waals surface area contributed by atoms with Crippen molar-refractivity contribution in [3.8, 4) is 0 Å². The third kappa shape index (κ3) is 2.80. The highest BCUT2D eigenvalue weighted by molar-refractivity contribution is 7.15. The Bertz CT molecular complexity index is 356. The Kier molecular flexibility index (Phi) is 4.40. The molecule has 0 amide bonds. The van der Waals surface area contributed by atoms with Crippen LogP contribution < -0.4 is 10.6 Å². The van der Waals surface area contributed by atoms with Crippen molar-refractivity contribution < 1.29 is 0 Å². The van der Waals surface area contributed by atoms with Gasteiger partial charge in [-0.05, 0) is 26.7 Å². The molecule has 0 spiro atoms. The second-order valence-corrected chi connectivity index (χ2v) is 5.85. The van der Waals surface area contributed by atoms with Crippen molar-refractivity contribution in [2.75, 3.05) is 11.4 Å². The molecule has 0 unspecified atom stereocenters. The maximum absolute atomic E-state index is 5.74. The van der Waals surface area contributed by atoms with E-state index >= 15 is 0 Å². The Morgan fingerprint density at radius 2 is 2.06 bits per heavy atom. The van der Waals surface area contributed by atoms with Gasteiger partial charge in [-0.1, -0.05) is 19.3 Å². The Balaban J connectivity index is 2.15. The Morgan fingerprint density at radius 1 is 1.35 bits per heavy atom. The Hall–Kier alpha value is -0.610. The van der Waals surface area contributed by atoms with Crippen LogP contribution in [0.25, 0.3) is 0 Å². The number of hydrogen-bond acceptors (Lipinski definition) is 4. The van der Waals surface area contributed by atoms with Gasteiger partial charge in [0.1, 0.15) is 0 Å². The van der Waals surface area contributed by atoms with E-state index < -0.39 is 0 Å². The maximum atomic E-state index is 5.74. The minimum absolute atomic E-state index is 0.617. The number of anilines is 1. The molecule has 2 N–H and O–H groups in total. The maximum Gasteiger partial charge on any atom is 0.186 e. The SMILES string of the molecule is CCN(c1nc(C)c(CN)s1)C1CCCCC1. The lowest BCUT2D eigenvalue weighted by Crippen LogP contribution is -2.36. The fourth-order valence-electron chi connectivity index (χ4n) is 2.67. The van der Waals surface area contributed by atoms with E-state index in [0.717, 1.165) is 12.2 Å². The molecule has 0 bridgehead atoms. The quantitative estimate of drug-likeness (QED) is 0.896. The van der Waals surface area contributed by atoms with Crippen LogP contribution in [0.1, 0.15) is 49.6 Å². The molecule has 0 aliphatic heterocycles.